The zero-order valence-electron chi connectivity index (χ0n) is 11.1. The first-order valence-electron chi connectivity index (χ1n) is 6.29. The van der Waals surface area contributed by atoms with Crippen molar-refractivity contribution in [3.63, 3.8) is 0 Å². The van der Waals surface area contributed by atoms with Gasteiger partial charge in [-0.1, -0.05) is 24.3 Å². The number of carbonyl (C=O) groups excluding carboxylic acids is 1. The Hall–Kier alpha value is -3.28. The molecule has 0 saturated heterocycles. The summed E-state index contributed by atoms with van der Waals surface area (Å²) in [5, 5.41) is 26.4. The lowest BCUT2D eigenvalue weighted by Gasteiger charge is -2.20. The number of carbonyl (C=O) groups is 3. The van der Waals surface area contributed by atoms with Crippen LogP contribution in [0.4, 0.5) is 0 Å². The Labute approximate surface area is 124 Å². The van der Waals surface area contributed by atoms with Crippen LogP contribution in [-0.4, -0.2) is 33.6 Å². The lowest BCUT2D eigenvalue weighted by atomic mass is 9.81. The van der Waals surface area contributed by atoms with Crippen molar-refractivity contribution in [3.05, 3.63) is 69.8 Å². The van der Waals surface area contributed by atoms with E-state index in [2.05, 4.69) is 0 Å². The van der Waals surface area contributed by atoms with Crippen LogP contribution in [0.5, 0.6) is 0 Å². The van der Waals surface area contributed by atoms with Crippen LogP contribution >= 0.6 is 0 Å². The molecule has 1 aliphatic carbocycles. The van der Waals surface area contributed by atoms with Crippen LogP contribution in [0.15, 0.2) is 36.4 Å². The molecule has 0 amide bonds. The summed E-state index contributed by atoms with van der Waals surface area (Å²) in [4.78, 5) is 34.9. The Kier molecular flexibility index (Phi) is 2.88. The highest BCUT2D eigenvalue weighted by atomic mass is 16.4. The molecule has 0 aromatic heterocycles. The standard InChI is InChI=1S/C16H9NO5/c17-13-7-3-1-2-4-8(7)14(18)10-6-12(16(21)22)11(15(19)20)5-9(10)13/h1-6,17H,(H,19,20)(H,21,22). The molecule has 6 nitrogen and oxygen atoms in total. The van der Waals surface area contributed by atoms with Gasteiger partial charge in [0.15, 0.2) is 5.78 Å². The largest absolute Gasteiger partial charge is 0.478 e. The Balaban J connectivity index is 2.34. The number of rotatable bonds is 2. The van der Waals surface area contributed by atoms with Gasteiger partial charge in [0.2, 0.25) is 0 Å². The van der Waals surface area contributed by atoms with E-state index in [0.29, 0.717) is 11.1 Å². The highest BCUT2D eigenvalue weighted by molar-refractivity contribution is 6.30. The highest BCUT2D eigenvalue weighted by Crippen LogP contribution is 2.29. The van der Waals surface area contributed by atoms with Gasteiger partial charge in [-0.25, -0.2) is 9.59 Å². The number of nitrogens with one attached hydrogen (secondary N) is 1. The van der Waals surface area contributed by atoms with Crippen LogP contribution in [0.25, 0.3) is 0 Å². The second-order valence-corrected chi connectivity index (χ2v) is 4.80. The van der Waals surface area contributed by atoms with Gasteiger partial charge in [-0.15, -0.1) is 0 Å². The van der Waals surface area contributed by atoms with E-state index in [-0.39, 0.29) is 16.8 Å². The molecule has 0 spiro atoms. The zero-order chi connectivity index (χ0) is 16.0. The van der Waals surface area contributed by atoms with E-state index in [9.17, 15) is 14.4 Å². The van der Waals surface area contributed by atoms with Gasteiger partial charge in [-0.2, -0.15) is 0 Å². The fourth-order valence-electron chi connectivity index (χ4n) is 2.54. The molecule has 0 saturated carbocycles. The Morgan fingerprint density at radius 1 is 0.818 bits per heavy atom. The van der Waals surface area contributed by atoms with Crippen LogP contribution < -0.4 is 0 Å². The number of hydrogen-bond donors (Lipinski definition) is 3. The van der Waals surface area contributed by atoms with Crippen molar-refractivity contribution >= 4 is 23.4 Å². The van der Waals surface area contributed by atoms with Crippen LogP contribution in [0.2, 0.25) is 0 Å². The molecule has 6 heteroatoms. The Bertz CT molecular complexity index is 810. The lowest BCUT2D eigenvalue weighted by molar-refractivity contribution is 0.0651. The third kappa shape index (κ3) is 1.81. The number of fused-ring (bicyclic) bond motifs is 2. The average Bonchev–Trinajstić information content (AvgIpc) is 2.51. The minimum Gasteiger partial charge on any atom is -0.478 e. The summed E-state index contributed by atoms with van der Waals surface area (Å²) in [6.45, 7) is 0. The maximum atomic E-state index is 12.5. The van der Waals surface area contributed by atoms with E-state index in [4.69, 9.17) is 15.6 Å². The first-order valence-corrected chi connectivity index (χ1v) is 6.29. The third-order valence-electron chi connectivity index (χ3n) is 3.57. The van der Waals surface area contributed by atoms with Crippen molar-refractivity contribution in [1.82, 2.24) is 0 Å². The molecule has 2 aromatic carbocycles. The third-order valence-corrected chi connectivity index (χ3v) is 3.57. The molecule has 3 N–H and O–H groups in total. The summed E-state index contributed by atoms with van der Waals surface area (Å²) in [5.41, 5.74) is -0.0318. The second kappa shape index (κ2) is 4.63. The van der Waals surface area contributed by atoms with Crippen LogP contribution in [0.3, 0.4) is 0 Å². The van der Waals surface area contributed by atoms with Crippen molar-refractivity contribution in [3.8, 4) is 0 Å². The quantitative estimate of drug-likeness (QED) is 0.669. The molecule has 3 rings (SSSR count). The molecule has 0 heterocycles. The summed E-state index contributed by atoms with van der Waals surface area (Å²) in [6.07, 6.45) is 0. The van der Waals surface area contributed by atoms with Crippen molar-refractivity contribution in [2.75, 3.05) is 0 Å². The maximum absolute atomic E-state index is 12.5. The number of aromatic carboxylic acids is 2. The Morgan fingerprint density at radius 2 is 1.32 bits per heavy atom. The summed E-state index contributed by atoms with van der Waals surface area (Å²) in [6, 6.07) is 8.60. The zero-order valence-corrected chi connectivity index (χ0v) is 11.1. The topological polar surface area (TPSA) is 116 Å². The van der Waals surface area contributed by atoms with Gasteiger partial charge in [0.1, 0.15) is 0 Å². The predicted molar refractivity (Wildman–Crippen MR) is 76.2 cm³/mol. The second-order valence-electron chi connectivity index (χ2n) is 4.80. The summed E-state index contributed by atoms with van der Waals surface area (Å²) in [7, 11) is 0. The van der Waals surface area contributed by atoms with E-state index in [1.165, 1.54) is 0 Å². The molecule has 0 bridgehead atoms. The molecule has 22 heavy (non-hydrogen) atoms. The average molecular weight is 295 g/mol. The van der Waals surface area contributed by atoms with Crippen LogP contribution in [0.1, 0.15) is 47.8 Å². The van der Waals surface area contributed by atoms with Gasteiger partial charge >= 0.3 is 11.9 Å². The van der Waals surface area contributed by atoms with Crippen molar-refractivity contribution in [2.45, 2.75) is 0 Å². The SMILES string of the molecule is N=C1c2ccccc2C(=O)c2cc(C(=O)O)c(C(=O)O)cc21. The summed E-state index contributed by atoms with van der Waals surface area (Å²) >= 11 is 0. The molecule has 108 valence electrons. The molecule has 0 fully saturated rings. The smallest absolute Gasteiger partial charge is 0.336 e. The summed E-state index contributed by atoms with van der Waals surface area (Å²) < 4.78 is 0. The number of carboxylic acids is 2. The summed E-state index contributed by atoms with van der Waals surface area (Å²) in [5.74, 6) is -3.27. The van der Waals surface area contributed by atoms with E-state index in [1.54, 1.807) is 24.3 Å². The molecular weight excluding hydrogens is 286 g/mol. The van der Waals surface area contributed by atoms with Crippen molar-refractivity contribution in [1.29, 1.82) is 5.41 Å². The van der Waals surface area contributed by atoms with E-state index in [1.807, 2.05) is 0 Å². The van der Waals surface area contributed by atoms with Gasteiger partial charge in [-0.05, 0) is 12.1 Å². The van der Waals surface area contributed by atoms with Crippen LogP contribution in [-0.2, 0) is 0 Å². The molecule has 1 aliphatic rings. The first-order chi connectivity index (χ1) is 10.4. The molecule has 0 aliphatic heterocycles. The molecule has 0 radical (unpaired) electrons. The van der Waals surface area contributed by atoms with E-state index >= 15 is 0 Å². The van der Waals surface area contributed by atoms with E-state index in [0.717, 1.165) is 12.1 Å². The Morgan fingerprint density at radius 3 is 1.86 bits per heavy atom. The number of benzene rings is 2. The van der Waals surface area contributed by atoms with Gasteiger partial charge in [0.25, 0.3) is 0 Å². The fourth-order valence-corrected chi connectivity index (χ4v) is 2.54. The monoisotopic (exact) mass is 295 g/mol. The minimum absolute atomic E-state index is 0.00430. The highest BCUT2D eigenvalue weighted by Gasteiger charge is 2.30. The number of ketones is 1. The number of carboxylic acid groups (broad SMARTS) is 2. The number of hydrogen-bond acceptors (Lipinski definition) is 4. The minimum atomic E-state index is -1.43. The predicted octanol–water partition coefficient (Wildman–Crippen LogP) is 2.04. The van der Waals surface area contributed by atoms with Crippen LogP contribution in [0, 0.1) is 5.41 Å². The van der Waals surface area contributed by atoms with Crippen molar-refractivity contribution < 1.29 is 24.6 Å². The molecular formula is C16H9NO5. The lowest BCUT2D eigenvalue weighted by Crippen LogP contribution is -2.23. The maximum Gasteiger partial charge on any atom is 0.336 e. The first kappa shape index (κ1) is 13.7. The molecule has 2 aromatic rings. The van der Waals surface area contributed by atoms with Crippen molar-refractivity contribution in [2.24, 2.45) is 0 Å². The van der Waals surface area contributed by atoms with Gasteiger partial charge in [-0.3, -0.25) is 10.2 Å². The van der Waals surface area contributed by atoms with Gasteiger partial charge < -0.3 is 10.2 Å². The molecule has 0 atom stereocenters. The van der Waals surface area contributed by atoms with Gasteiger partial charge in [0, 0.05) is 22.3 Å². The van der Waals surface area contributed by atoms with E-state index < -0.39 is 28.8 Å². The van der Waals surface area contributed by atoms with Gasteiger partial charge in [0.05, 0.1) is 16.8 Å². The normalized spacial score (nSPS) is 12.5. The fraction of sp³-hybridized carbons (Fsp3) is 0. The molecule has 0 unspecified atom stereocenters.